The molecule has 0 radical (unpaired) electrons. The first-order valence-corrected chi connectivity index (χ1v) is 18.6. The Kier molecular flexibility index (Phi) is 9.21. The summed E-state index contributed by atoms with van der Waals surface area (Å²) in [6.45, 7) is 23.8. The van der Waals surface area contributed by atoms with Gasteiger partial charge in [-0.25, -0.2) is 0 Å². The van der Waals surface area contributed by atoms with Gasteiger partial charge < -0.3 is 14.2 Å². The van der Waals surface area contributed by atoms with E-state index in [9.17, 15) is 19.7 Å². The molecule has 1 aromatic rings. The fourth-order valence-corrected chi connectivity index (χ4v) is 6.23. The lowest BCUT2D eigenvalue weighted by Gasteiger charge is -2.41. The summed E-state index contributed by atoms with van der Waals surface area (Å²) < 4.78 is 13.4. The normalized spacial score (nSPS) is 21.1. The number of nitro groups is 1. The lowest BCUT2D eigenvalue weighted by molar-refractivity contribution is -0.385. The number of carbonyl (C=O) groups excluding carboxylic acids is 1. The second-order valence-electron chi connectivity index (χ2n) is 13.1. The lowest BCUT2D eigenvalue weighted by atomic mass is 10.1. The molecule has 1 fully saturated rings. The van der Waals surface area contributed by atoms with E-state index in [-0.39, 0.29) is 39.9 Å². The highest BCUT2D eigenvalue weighted by atomic mass is 28.4. The van der Waals surface area contributed by atoms with E-state index in [1.54, 1.807) is 0 Å². The Morgan fingerprint density at radius 3 is 2.16 bits per heavy atom. The average molecular weight is 556 g/mol. The molecule has 3 atom stereocenters. The second-order valence-corrected chi connectivity index (χ2v) is 22.7. The number of H-pyrrole nitrogens is 1. The van der Waals surface area contributed by atoms with Crippen molar-refractivity contribution in [3.63, 3.8) is 0 Å². The third-order valence-electron chi connectivity index (χ3n) is 8.06. The number of aromatic amines is 1. The van der Waals surface area contributed by atoms with E-state index < -0.39 is 38.7 Å². The zero-order valence-electron chi connectivity index (χ0n) is 24.2. The van der Waals surface area contributed by atoms with E-state index in [0.29, 0.717) is 19.4 Å². The summed E-state index contributed by atoms with van der Waals surface area (Å²) in [5.74, 6) is -0.680. The molecule has 0 saturated heterocycles. The Morgan fingerprint density at radius 2 is 1.68 bits per heavy atom. The van der Waals surface area contributed by atoms with Crippen LogP contribution in [-0.4, -0.2) is 56.2 Å². The molecule has 1 heterocycles. The van der Waals surface area contributed by atoms with Crippen molar-refractivity contribution in [1.82, 2.24) is 9.97 Å². The Morgan fingerprint density at radius 1 is 1.11 bits per heavy atom. The van der Waals surface area contributed by atoms with E-state index in [4.69, 9.17) is 8.85 Å². The van der Waals surface area contributed by atoms with Gasteiger partial charge >= 0.3 is 11.2 Å². The molecule has 0 aromatic carbocycles. The summed E-state index contributed by atoms with van der Waals surface area (Å²) in [6, 6.07) is -0.221. The molecule has 11 nitrogen and oxygen atoms in total. The minimum Gasteiger partial charge on any atom is -0.416 e. The van der Waals surface area contributed by atoms with E-state index in [2.05, 4.69) is 88.3 Å². The van der Waals surface area contributed by atoms with Crippen LogP contribution in [0.3, 0.4) is 0 Å². The first-order chi connectivity index (χ1) is 16.6. The molecule has 0 aliphatic heterocycles. The van der Waals surface area contributed by atoms with Crippen molar-refractivity contribution in [3.8, 4) is 0 Å². The van der Waals surface area contributed by atoms with Crippen molar-refractivity contribution < 1.29 is 18.6 Å². The maximum Gasteiger partial charge on any atom is 0.375 e. The number of anilines is 2. The Balaban J connectivity index is 2.37. The van der Waals surface area contributed by atoms with Crippen molar-refractivity contribution in [3.05, 3.63) is 20.5 Å². The number of hydrogen-bond donors (Lipinski definition) is 3. The zero-order chi connectivity index (χ0) is 28.6. The van der Waals surface area contributed by atoms with E-state index in [1.807, 2.05) is 0 Å². The maximum atomic E-state index is 12.4. The van der Waals surface area contributed by atoms with Crippen LogP contribution in [0.5, 0.6) is 0 Å². The van der Waals surface area contributed by atoms with Gasteiger partial charge in [-0.2, -0.15) is 4.98 Å². The van der Waals surface area contributed by atoms with Gasteiger partial charge in [0.1, 0.15) is 0 Å². The van der Waals surface area contributed by atoms with Crippen molar-refractivity contribution in [1.29, 1.82) is 0 Å². The molecule has 37 heavy (non-hydrogen) atoms. The van der Waals surface area contributed by atoms with Crippen LogP contribution in [0.4, 0.5) is 17.5 Å². The molecule has 1 amide bonds. The Hall–Kier alpha value is -2.10. The largest absolute Gasteiger partial charge is 0.416 e. The molecule has 3 N–H and O–H groups in total. The van der Waals surface area contributed by atoms with E-state index >= 15 is 0 Å². The van der Waals surface area contributed by atoms with Crippen LogP contribution in [0, 0.1) is 16.0 Å². The van der Waals surface area contributed by atoms with Crippen LogP contribution in [0.1, 0.15) is 61.3 Å². The number of rotatable bonds is 9. The van der Waals surface area contributed by atoms with Gasteiger partial charge in [0.25, 0.3) is 0 Å². The number of nitrogens with zero attached hydrogens (tertiary/aromatic N) is 2. The van der Waals surface area contributed by atoms with Gasteiger partial charge in [0.05, 0.1) is 11.0 Å². The van der Waals surface area contributed by atoms with Crippen LogP contribution >= 0.6 is 0 Å². The van der Waals surface area contributed by atoms with Crippen molar-refractivity contribution in [2.45, 2.75) is 110 Å². The van der Waals surface area contributed by atoms with Gasteiger partial charge in [0, 0.05) is 25.5 Å². The number of hydrogen-bond acceptors (Lipinski definition) is 8. The molecular weight excluding hydrogens is 510 g/mol. The molecule has 0 spiro atoms. The molecular formula is C24H45N5O6Si2. The third kappa shape index (κ3) is 7.71. The van der Waals surface area contributed by atoms with Crippen LogP contribution < -0.4 is 16.2 Å². The molecule has 2 rings (SSSR count). The van der Waals surface area contributed by atoms with Crippen molar-refractivity contribution >= 4 is 40.0 Å². The van der Waals surface area contributed by atoms with Gasteiger partial charge in [-0.3, -0.25) is 30.0 Å². The van der Waals surface area contributed by atoms with E-state index in [1.165, 1.54) is 6.92 Å². The first kappa shape index (κ1) is 31.1. The Bertz CT molecular complexity index is 1060. The fourth-order valence-electron chi connectivity index (χ4n) is 3.77. The molecule has 13 heteroatoms. The standard InChI is InChI=1S/C24H45N5O6Si2/c1-15(30)25-22-27-20(19(29(32)33)21(31)28-22)26-17-12-16(14-34-36(8,9)23(2,3)4)18(13-17)35-37(10,11)24(5,6)7/h16-18H,12-14H2,1-11H3,(H3,25,26,27,28,30,31)/t16-,17-,18+/m1/s1. The van der Waals surface area contributed by atoms with Crippen LogP contribution in [0.25, 0.3) is 0 Å². The average Bonchev–Trinajstić information content (AvgIpc) is 3.03. The van der Waals surface area contributed by atoms with Crippen molar-refractivity contribution in [2.75, 3.05) is 17.2 Å². The van der Waals surface area contributed by atoms with Crippen LogP contribution in [0.2, 0.25) is 36.3 Å². The molecule has 1 aromatic heterocycles. The zero-order valence-corrected chi connectivity index (χ0v) is 26.2. The molecule has 1 saturated carbocycles. The number of carbonyl (C=O) groups is 1. The highest BCUT2D eigenvalue weighted by molar-refractivity contribution is 6.74. The Labute approximate surface area is 221 Å². The predicted octanol–water partition coefficient (Wildman–Crippen LogP) is 5.24. The molecule has 1 aliphatic rings. The van der Waals surface area contributed by atoms with Gasteiger partial charge in [-0.05, 0) is 49.1 Å². The SMILES string of the molecule is CC(=O)Nc1nc(N[C@@H]2C[C@H](CO[Si](C)(C)C(C)(C)C)[C@@H](O[Si](C)(C)C(C)(C)C)C2)c([N+](=O)[O-])c(=O)[nH]1. The minimum atomic E-state index is -2.11. The quantitative estimate of drug-likeness (QED) is 0.213. The summed E-state index contributed by atoms with van der Waals surface area (Å²) in [7, 11) is -4.11. The maximum absolute atomic E-state index is 12.4. The van der Waals surface area contributed by atoms with Gasteiger partial charge in [0.15, 0.2) is 16.6 Å². The summed E-state index contributed by atoms with van der Waals surface area (Å²) in [6.07, 6.45) is 1.15. The molecule has 0 unspecified atom stereocenters. The predicted molar refractivity (Wildman–Crippen MR) is 151 cm³/mol. The number of amides is 1. The van der Waals surface area contributed by atoms with Crippen LogP contribution in [0.15, 0.2) is 4.79 Å². The summed E-state index contributed by atoms with van der Waals surface area (Å²) >= 11 is 0. The lowest BCUT2D eigenvalue weighted by Crippen LogP contribution is -2.46. The monoisotopic (exact) mass is 555 g/mol. The summed E-state index contributed by atoms with van der Waals surface area (Å²) in [4.78, 5) is 41.2. The van der Waals surface area contributed by atoms with Crippen molar-refractivity contribution in [2.24, 2.45) is 5.92 Å². The second kappa shape index (κ2) is 10.9. The number of nitrogens with one attached hydrogen (secondary N) is 3. The third-order valence-corrected chi connectivity index (χ3v) is 17.1. The fraction of sp³-hybridized carbons (Fsp3) is 0.792. The van der Waals surface area contributed by atoms with Crippen LogP contribution in [-0.2, 0) is 13.6 Å². The van der Waals surface area contributed by atoms with E-state index in [0.717, 1.165) is 0 Å². The molecule has 1 aliphatic carbocycles. The number of aromatic nitrogens is 2. The first-order valence-electron chi connectivity index (χ1n) is 12.8. The van der Waals surface area contributed by atoms with Gasteiger partial charge in [-0.15, -0.1) is 0 Å². The smallest absolute Gasteiger partial charge is 0.375 e. The highest BCUT2D eigenvalue weighted by Gasteiger charge is 2.46. The van der Waals surface area contributed by atoms with Gasteiger partial charge in [-0.1, -0.05) is 41.5 Å². The minimum absolute atomic E-state index is 0.0175. The molecule has 210 valence electrons. The topological polar surface area (TPSA) is 148 Å². The molecule has 0 bridgehead atoms. The summed E-state index contributed by atoms with van der Waals surface area (Å²) in [5, 5.41) is 17.3. The highest BCUT2D eigenvalue weighted by Crippen LogP contribution is 2.43. The summed E-state index contributed by atoms with van der Waals surface area (Å²) in [5.41, 5.74) is -1.62. The van der Waals surface area contributed by atoms with Gasteiger partial charge in [0.2, 0.25) is 17.7 Å².